The van der Waals surface area contributed by atoms with Crippen LogP contribution in [0.3, 0.4) is 0 Å². The third-order valence-corrected chi connectivity index (χ3v) is 4.41. The highest BCUT2D eigenvalue weighted by Crippen LogP contribution is 2.37. The summed E-state index contributed by atoms with van der Waals surface area (Å²) in [5, 5.41) is 11.2. The first-order valence-electron chi connectivity index (χ1n) is 5.78. The Morgan fingerprint density at radius 3 is 2.89 bits per heavy atom. The van der Waals surface area contributed by atoms with Gasteiger partial charge in [-0.3, -0.25) is 4.79 Å². The fourth-order valence-corrected chi connectivity index (χ4v) is 3.02. The van der Waals surface area contributed by atoms with Crippen LogP contribution < -0.4 is 0 Å². The number of H-pyrrole nitrogens is 1. The minimum atomic E-state index is -0.733. The molecular formula is C13H11Cl2NO2. The minimum Gasteiger partial charge on any atom is -0.481 e. The summed E-state index contributed by atoms with van der Waals surface area (Å²) < 4.78 is 0. The van der Waals surface area contributed by atoms with Gasteiger partial charge in [0.25, 0.3) is 0 Å². The van der Waals surface area contributed by atoms with E-state index in [1.54, 1.807) is 6.07 Å². The van der Waals surface area contributed by atoms with E-state index in [2.05, 4.69) is 4.98 Å². The van der Waals surface area contributed by atoms with Crippen molar-refractivity contribution in [2.45, 2.75) is 19.3 Å². The number of carboxylic acid groups (broad SMARTS) is 1. The average Bonchev–Trinajstić information content (AvgIpc) is 2.72. The maximum Gasteiger partial charge on any atom is 0.306 e. The molecule has 1 heterocycles. The molecule has 1 unspecified atom stereocenters. The second-order valence-corrected chi connectivity index (χ2v) is 5.43. The van der Waals surface area contributed by atoms with Crippen molar-refractivity contribution in [2.24, 2.45) is 5.92 Å². The molecule has 3 rings (SSSR count). The highest BCUT2D eigenvalue weighted by molar-refractivity contribution is 6.45. The van der Waals surface area contributed by atoms with Gasteiger partial charge in [-0.05, 0) is 24.5 Å². The predicted molar refractivity (Wildman–Crippen MR) is 71.5 cm³/mol. The SMILES string of the molecule is O=C(O)C1CCc2c([nH]c3c(Cl)c(Cl)ccc23)C1. The summed E-state index contributed by atoms with van der Waals surface area (Å²) in [5.41, 5.74) is 2.98. The van der Waals surface area contributed by atoms with Crippen LogP contribution in [-0.2, 0) is 17.6 Å². The number of carboxylic acids is 1. The van der Waals surface area contributed by atoms with Crippen LogP contribution in [0.5, 0.6) is 0 Å². The maximum absolute atomic E-state index is 11.0. The van der Waals surface area contributed by atoms with Crippen LogP contribution in [0.2, 0.25) is 10.0 Å². The molecule has 1 atom stereocenters. The smallest absolute Gasteiger partial charge is 0.306 e. The van der Waals surface area contributed by atoms with Crippen molar-refractivity contribution < 1.29 is 9.90 Å². The Balaban J connectivity index is 2.15. The first-order chi connectivity index (χ1) is 8.58. The Hall–Kier alpha value is -1.19. The average molecular weight is 284 g/mol. The van der Waals surface area contributed by atoms with Crippen LogP contribution in [0.4, 0.5) is 0 Å². The number of hydrogen-bond donors (Lipinski definition) is 2. The van der Waals surface area contributed by atoms with Crippen LogP contribution in [0.15, 0.2) is 12.1 Å². The monoisotopic (exact) mass is 283 g/mol. The van der Waals surface area contributed by atoms with Gasteiger partial charge in [0, 0.05) is 17.5 Å². The lowest BCUT2D eigenvalue weighted by molar-refractivity contribution is -0.142. The van der Waals surface area contributed by atoms with Gasteiger partial charge < -0.3 is 10.1 Å². The number of fused-ring (bicyclic) bond motifs is 3. The molecule has 94 valence electrons. The Kier molecular flexibility index (Phi) is 2.76. The first kappa shape index (κ1) is 11.9. The lowest BCUT2D eigenvalue weighted by Gasteiger charge is -2.18. The van der Waals surface area contributed by atoms with Gasteiger partial charge in [0.05, 0.1) is 21.5 Å². The fourth-order valence-electron chi connectivity index (χ4n) is 2.65. The molecule has 0 bridgehead atoms. The summed E-state index contributed by atoms with van der Waals surface area (Å²) in [6.45, 7) is 0. The fraction of sp³-hybridized carbons (Fsp3) is 0.308. The quantitative estimate of drug-likeness (QED) is 0.839. The normalized spacial score (nSPS) is 18.9. The third-order valence-electron chi connectivity index (χ3n) is 3.60. The molecule has 1 aliphatic rings. The van der Waals surface area contributed by atoms with Crippen molar-refractivity contribution in [3.05, 3.63) is 33.4 Å². The molecule has 18 heavy (non-hydrogen) atoms. The van der Waals surface area contributed by atoms with Crippen molar-refractivity contribution in [3.63, 3.8) is 0 Å². The summed E-state index contributed by atoms with van der Waals surface area (Å²) >= 11 is 12.1. The van der Waals surface area contributed by atoms with Crippen molar-refractivity contribution in [2.75, 3.05) is 0 Å². The number of rotatable bonds is 1. The number of hydrogen-bond acceptors (Lipinski definition) is 1. The molecule has 5 heteroatoms. The largest absolute Gasteiger partial charge is 0.481 e. The van der Waals surface area contributed by atoms with Gasteiger partial charge in [0.1, 0.15) is 0 Å². The number of nitrogens with one attached hydrogen (secondary N) is 1. The number of aromatic amines is 1. The molecule has 0 aliphatic heterocycles. The lowest BCUT2D eigenvalue weighted by Crippen LogP contribution is -2.21. The number of benzene rings is 1. The minimum absolute atomic E-state index is 0.306. The number of halogens is 2. The van der Waals surface area contributed by atoms with Gasteiger partial charge in [-0.2, -0.15) is 0 Å². The summed E-state index contributed by atoms with van der Waals surface area (Å²) in [6.07, 6.45) is 1.98. The molecule has 0 spiro atoms. The number of aromatic nitrogens is 1. The summed E-state index contributed by atoms with van der Waals surface area (Å²) in [4.78, 5) is 14.3. The highest BCUT2D eigenvalue weighted by Gasteiger charge is 2.27. The highest BCUT2D eigenvalue weighted by atomic mass is 35.5. The topological polar surface area (TPSA) is 53.1 Å². The Labute approximate surface area is 114 Å². The standard InChI is InChI=1S/C13H11Cl2NO2/c14-9-4-3-8-7-2-1-6(13(17)18)5-10(7)16-12(8)11(9)15/h3-4,6,16H,1-2,5H2,(H,17,18). The van der Waals surface area contributed by atoms with Crippen LogP contribution >= 0.6 is 23.2 Å². The molecular weight excluding hydrogens is 273 g/mol. The van der Waals surface area contributed by atoms with Crippen molar-refractivity contribution in [1.82, 2.24) is 4.98 Å². The molecule has 0 amide bonds. The van der Waals surface area contributed by atoms with Crippen molar-refractivity contribution >= 4 is 40.1 Å². The third kappa shape index (κ3) is 1.70. The van der Waals surface area contributed by atoms with E-state index < -0.39 is 5.97 Å². The molecule has 0 saturated heterocycles. The van der Waals surface area contributed by atoms with Gasteiger partial charge >= 0.3 is 5.97 Å². The molecule has 1 aromatic heterocycles. The summed E-state index contributed by atoms with van der Waals surface area (Å²) in [6, 6.07) is 3.73. The van der Waals surface area contributed by atoms with E-state index in [0.717, 1.165) is 23.0 Å². The van der Waals surface area contributed by atoms with Crippen LogP contribution in [0, 0.1) is 5.92 Å². The number of aryl methyl sites for hydroxylation is 1. The molecule has 2 aromatic rings. The molecule has 3 nitrogen and oxygen atoms in total. The van der Waals surface area contributed by atoms with Crippen LogP contribution in [0.1, 0.15) is 17.7 Å². The Morgan fingerprint density at radius 1 is 1.39 bits per heavy atom. The van der Waals surface area contributed by atoms with E-state index in [-0.39, 0.29) is 5.92 Å². The summed E-state index contributed by atoms with van der Waals surface area (Å²) in [5.74, 6) is -1.04. The van der Waals surface area contributed by atoms with Crippen molar-refractivity contribution in [1.29, 1.82) is 0 Å². The van der Waals surface area contributed by atoms with E-state index in [9.17, 15) is 4.79 Å². The zero-order chi connectivity index (χ0) is 12.9. The van der Waals surface area contributed by atoms with E-state index in [4.69, 9.17) is 28.3 Å². The van der Waals surface area contributed by atoms with Crippen LogP contribution in [0.25, 0.3) is 10.9 Å². The Morgan fingerprint density at radius 2 is 2.17 bits per heavy atom. The molecule has 0 fully saturated rings. The van der Waals surface area contributed by atoms with Gasteiger partial charge in [-0.1, -0.05) is 29.3 Å². The Bertz CT molecular complexity index is 648. The van der Waals surface area contributed by atoms with Crippen LogP contribution in [-0.4, -0.2) is 16.1 Å². The molecule has 1 aliphatic carbocycles. The molecule has 0 radical (unpaired) electrons. The van der Waals surface area contributed by atoms with Crippen molar-refractivity contribution in [3.8, 4) is 0 Å². The van der Waals surface area contributed by atoms with E-state index in [0.29, 0.717) is 22.9 Å². The van der Waals surface area contributed by atoms with E-state index in [1.807, 2.05) is 6.07 Å². The zero-order valence-electron chi connectivity index (χ0n) is 9.46. The predicted octanol–water partition coefficient (Wildman–Crippen LogP) is 3.66. The second-order valence-electron chi connectivity index (χ2n) is 4.64. The number of carbonyl (C=O) groups is 1. The zero-order valence-corrected chi connectivity index (χ0v) is 11.0. The molecule has 1 aromatic carbocycles. The molecule has 2 N–H and O–H groups in total. The summed E-state index contributed by atoms with van der Waals surface area (Å²) in [7, 11) is 0. The lowest BCUT2D eigenvalue weighted by atomic mass is 9.87. The maximum atomic E-state index is 11.0. The second kappa shape index (κ2) is 4.18. The van der Waals surface area contributed by atoms with Gasteiger partial charge in [0.15, 0.2) is 0 Å². The van der Waals surface area contributed by atoms with E-state index >= 15 is 0 Å². The molecule has 0 saturated carbocycles. The van der Waals surface area contributed by atoms with Gasteiger partial charge in [0.2, 0.25) is 0 Å². The van der Waals surface area contributed by atoms with E-state index in [1.165, 1.54) is 5.56 Å². The number of aliphatic carboxylic acids is 1. The van der Waals surface area contributed by atoms with Gasteiger partial charge in [-0.25, -0.2) is 0 Å². The van der Waals surface area contributed by atoms with Gasteiger partial charge in [-0.15, -0.1) is 0 Å². The first-order valence-corrected chi connectivity index (χ1v) is 6.53.